The van der Waals surface area contributed by atoms with Gasteiger partial charge in [-0.25, -0.2) is 0 Å². The number of nitrogens with zero attached hydrogens (tertiary/aromatic N) is 1. The summed E-state index contributed by atoms with van der Waals surface area (Å²) >= 11 is 12.0. The van der Waals surface area contributed by atoms with Crippen molar-refractivity contribution in [3.8, 4) is 0 Å². The predicted octanol–water partition coefficient (Wildman–Crippen LogP) is 4.46. The number of hydrogen-bond acceptors (Lipinski definition) is 2. The molecule has 0 radical (unpaired) electrons. The van der Waals surface area contributed by atoms with Crippen molar-refractivity contribution in [2.24, 2.45) is 17.0 Å². The number of piperidine rings is 1. The van der Waals surface area contributed by atoms with Crippen LogP contribution in [-0.4, -0.2) is 10.9 Å². The molecule has 0 aliphatic carbocycles. The van der Waals surface area contributed by atoms with E-state index in [1.807, 2.05) is 48.5 Å². The van der Waals surface area contributed by atoms with Crippen LogP contribution in [-0.2, 0) is 0 Å². The molecule has 0 bridgehead atoms. The van der Waals surface area contributed by atoms with Crippen molar-refractivity contribution in [1.29, 1.82) is 0 Å². The highest BCUT2D eigenvalue weighted by Gasteiger charge is 2.42. The van der Waals surface area contributed by atoms with E-state index in [1.54, 1.807) is 0 Å². The standard InChI is InChI=1S/C19H20Cl2N2O/c1-11-17(23-24)12(2)19(14-5-9-16(21)10-6-14)22-18(11)13-3-7-15(20)8-4-13/h3-12,18-19,22,24H,1-2H3/p+1/t11-,12+,18-,19-/m0/s1. The van der Waals surface area contributed by atoms with Crippen molar-refractivity contribution >= 4 is 28.9 Å². The normalized spacial score (nSPS) is 28.9. The fraction of sp³-hybridized carbons (Fsp3) is 0.316. The highest BCUT2D eigenvalue weighted by atomic mass is 35.5. The quantitative estimate of drug-likeness (QED) is 0.600. The topological polar surface area (TPSA) is 49.2 Å². The molecule has 0 aromatic heterocycles. The number of rotatable bonds is 2. The second-order valence-corrected chi connectivity index (χ2v) is 7.32. The highest BCUT2D eigenvalue weighted by Crippen LogP contribution is 2.34. The molecule has 0 spiro atoms. The van der Waals surface area contributed by atoms with Crippen LogP contribution >= 0.6 is 23.2 Å². The lowest BCUT2D eigenvalue weighted by Crippen LogP contribution is -2.91. The van der Waals surface area contributed by atoms with Gasteiger partial charge in [0.15, 0.2) is 0 Å². The predicted molar refractivity (Wildman–Crippen MR) is 97.9 cm³/mol. The molecule has 0 saturated carbocycles. The van der Waals surface area contributed by atoms with Gasteiger partial charge < -0.3 is 10.5 Å². The summed E-state index contributed by atoms with van der Waals surface area (Å²) in [6.45, 7) is 4.22. The number of quaternary nitrogens is 1. The first-order valence-electron chi connectivity index (χ1n) is 8.09. The summed E-state index contributed by atoms with van der Waals surface area (Å²) in [7, 11) is 0. The fourth-order valence-corrected chi connectivity index (χ4v) is 3.94. The van der Waals surface area contributed by atoms with E-state index in [1.165, 1.54) is 11.1 Å². The molecule has 24 heavy (non-hydrogen) atoms. The van der Waals surface area contributed by atoms with Crippen LogP contribution in [0.25, 0.3) is 0 Å². The SMILES string of the molecule is C[C@@H]1C(=NO)[C@H](C)[C@@H](c2ccc(Cl)cc2)[NH2+][C@@H]1c1ccc(Cl)cc1. The van der Waals surface area contributed by atoms with Crippen LogP contribution in [0.3, 0.4) is 0 Å². The molecule has 2 aromatic rings. The third-order valence-electron chi connectivity index (χ3n) is 5.05. The van der Waals surface area contributed by atoms with Gasteiger partial charge >= 0.3 is 0 Å². The smallest absolute Gasteiger partial charge is 0.120 e. The van der Waals surface area contributed by atoms with Crippen LogP contribution in [0.2, 0.25) is 10.0 Å². The van der Waals surface area contributed by atoms with Gasteiger partial charge in [0, 0.05) is 21.2 Å². The lowest BCUT2D eigenvalue weighted by atomic mass is 9.75. The minimum absolute atomic E-state index is 0.134. The number of benzene rings is 2. The van der Waals surface area contributed by atoms with Gasteiger partial charge in [-0.15, -0.1) is 0 Å². The average molecular weight is 364 g/mol. The Morgan fingerprint density at radius 2 is 1.17 bits per heavy atom. The zero-order valence-corrected chi connectivity index (χ0v) is 15.2. The van der Waals surface area contributed by atoms with Gasteiger partial charge in [-0.1, -0.05) is 66.5 Å². The molecule has 1 aliphatic heterocycles. The van der Waals surface area contributed by atoms with Crippen LogP contribution < -0.4 is 5.32 Å². The fourth-order valence-electron chi connectivity index (χ4n) is 3.69. The summed E-state index contributed by atoms with van der Waals surface area (Å²) in [6.07, 6.45) is 0. The Hall–Kier alpha value is -1.55. The molecule has 3 N–H and O–H groups in total. The lowest BCUT2D eigenvalue weighted by Gasteiger charge is -2.37. The molecule has 0 amide bonds. The summed E-state index contributed by atoms with van der Waals surface area (Å²) in [4.78, 5) is 0. The highest BCUT2D eigenvalue weighted by molar-refractivity contribution is 6.30. The molecular weight excluding hydrogens is 343 g/mol. The molecule has 1 aliphatic rings. The van der Waals surface area contributed by atoms with E-state index in [0.29, 0.717) is 0 Å². The van der Waals surface area contributed by atoms with Crippen LogP contribution in [0.5, 0.6) is 0 Å². The van der Waals surface area contributed by atoms with E-state index in [9.17, 15) is 5.21 Å². The molecule has 4 atom stereocenters. The van der Waals surface area contributed by atoms with Gasteiger partial charge in [0.25, 0.3) is 0 Å². The van der Waals surface area contributed by atoms with E-state index >= 15 is 0 Å². The van der Waals surface area contributed by atoms with Crippen molar-refractivity contribution < 1.29 is 10.5 Å². The summed E-state index contributed by atoms with van der Waals surface area (Å²) in [5.74, 6) is 0.268. The third-order valence-corrected chi connectivity index (χ3v) is 5.55. The molecule has 1 heterocycles. The number of hydrogen-bond donors (Lipinski definition) is 2. The molecule has 0 unspecified atom stereocenters. The number of oxime groups is 1. The van der Waals surface area contributed by atoms with Crippen molar-refractivity contribution in [3.63, 3.8) is 0 Å². The Kier molecular flexibility index (Phi) is 5.14. The number of nitrogens with two attached hydrogens (primary N) is 1. The van der Waals surface area contributed by atoms with E-state index < -0.39 is 0 Å². The first-order chi connectivity index (χ1) is 11.5. The summed E-state index contributed by atoms with van der Waals surface area (Å²) in [5, 5.41) is 17.0. The Balaban J connectivity index is 1.98. The van der Waals surface area contributed by atoms with Crippen molar-refractivity contribution in [2.45, 2.75) is 25.9 Å². The van der Waals surface area contributed by atoms with Gasteiger partial charge in [0.2, 0.25) is 0 Å². The Morgan fingerprint density at radius 1 is 0.792 bits per heavy atom. The van der Waals surface area contributed by atoms with Gasteiger partial charge in [-0.05, 0) is 24.3 Å². The van der Waals surface area contributed by atoms with E-state index in [0.717, 1.165) is 15.8 Å². The molecule has 3 rings (SSSR count). The monoisotopic (exact) mass is 363 g/mol. The maximum absolute atomic E-state index is 9.58. The van der Waals surface area contributed by atoms with Crippen LogP contribution in [0.15, 0.2) is 53.7 Å². The molecule has 2 aromatic carbocycles. The minimum atomic E-state index is 0.134. The Bertz CT molecular complexity index is 669. The van der Waals surface area contributed by atoms with Crippen LogP contribution in [0.1, 0.15) is 37.1 Å². The maximum atomic E-state index is 9.58. The van der Waals surface area contributed by atoms with Gasteiger partial charge in [0.1, 0.15) is 12.1 Å². The summed E-state index contributed by atoms with van der Waals surface area (Å²) < 4.78 is 0. The molecule has 1 fully saturated rings. The third kappa shape index (κ3) is 3.30. The second-order valence-electron chi connectivity index (χ2n) is 6.45. The molecule has 1 saturated heterocycles. The van der Waals surface area contributed by atoms with Crippen LogP contribution in [0, 0.1) is 11.8 Å². The molecular formula is C19H21Cl2N2O+. The van der Waals surface area contributed by atoms with E-state index in [4.69, 9.17) is 23.2 Å². The Labute approximate surface area is 152 Å². The van der Waals surface area contributed by atoms with Gasteiger partial charge in [0.05, 0.1) is 17.5 Å². The second kappa shape index (κ2) is 7.14. The van der Waals surface area contributed by atoms with Crippen molar-refractivity contribution in [3.05, 3.63) is 69.7 Å². The van der Waals surface area contributed by atoms with Crippen molar-refractivity contribution in [1.82, 2.24) is 0 Å². The van der Waals surface area contributed by atoms with Crippen LogP contribution in [0.4, 0.5) is 0 Å². The van der Waals surface area contributed by atoms with Crippen molar-refractivity contribution in [2.75, 3.05) is 0 Å². The van der Waals surface area contributed by atoms with E-state index in [-0.39, 0.29) is 23.9 Å². The zero-order valence-electron chi connectivity index (χ0n) is 13.7. The van der Waals surface area contributed by atoms with Gasteiger partial charge in [-0.2, -0.15) is 0 Å². The largest absolute Gasteiger partial charge is 0.411 e. The summed E-state index contributed by atoms with van der Waals surface area (Å²) in [6, 6.07) is 16.1. The maximum Gasteiger partial charge on any atom is 0.120 e. The summed E-state index contributed by atoms with van der Waals surface area (Å²) in [5.41, 5.74) is 3.19. The molecule has 5 heteroatoms. The molecule has 126 valence electrons. The first-order valence-corrected chi connectivity index (χ1v) is 8.84. The van der Waals surface area contributed by atoms with E-state index in [2.05, 4.69) is 24.3 Å². The minimum Gasteiger partial charge on any atom is -0.411 e. The zero-order chi connectivity index (χ0) is 17.3. The van der Waals surface area contributed by atoms with Gasteiger partial charge in [-0.3, -0.25) is 0 Å². The Morgan fingerprint density at radius 3 is 1.50 bits per heavy atom. The molecule has 3 nitrogen and oxygen atoms in total. The first kappa shape index (κ1) is 17.3. The lowest BCUT2D eigenvalue weighted by molar-refractivity contribution is -0.747. The average Bonchev–Trinajstić information content (AvgIpc) is 2.58. The number of halogens is 2.